The van der Waals surface area contributed by atoms with Gasteiger partial charge in [-0.3, -0.25) is 4.79 Å². The molecule has 0 saturated heterocycles. The van der Waals surface area contributed by atoms with E-state index in [2.05, 4.69) is 4.74 Å². The summed E-state index contributed by atoms with van der Waals surface area (Å²) in [6.45, 7) is 1.33. The number of hydrogen-bond donors (Lipinski definition) is 0. The monoisotopic (exact) mass is 288 g/mol. The lowest BCUT2D eigenvalue weighted by Crippen LogP contribution is -2.28. The van der Waals surface area contributed by atoms with Crippen LogP contribution in [-0.4, -0.2) is 12.3 Å². The third kappa shape index (κ3) is 3.43. The van der Waals surface area contributed by atoms with Gasteiger partial charge >= 0.3 is 12.3 Å². The van der Waals surface area contributed by atoms with Crippen LogP contribution in [0, 0.1) is 0 Å². The zero-order chi connectivity index (χ0) is 14.8. The largest absolute Gasteiger partial charge is 0.573 e. The van der Waals surface area contributed by atoms with Crippen LogP contribution in [0.5, 0.6) is 5.75 Å². The van der Waals surface area contributed by atoms with E-state index < -0.39 is 12.0 Å². The minimum atomic E-state index is -4.71. The van der Waals surface area contributed by atoms with E-state index in [1.807, 2.05) is 0 Å². The highest BCUT2D eigenvalue weighted by atomic mass is 19.4. The number of hydrogen-bond acceptors (Lipinski definition) is 3. The summed E-state index contributed by atoms with van der Waals surface area (Å²) in [5.41, 5.74) is 0.00232. The molecule has 3 nitrogen and oxygen atoms in total. The molecule has 20 heavy (non-hydrogen) atoms. The quantitative estimate of drug-likeness (QED) is 0.791. The molecule has 0 atom stereocenters. The van der Waals surface area contributed by atoms with Gasteiger partial charge < -0.3 is 9.47 Å². The number of halogens is 3. The van der Waals surface area contributed by atoms with E-state index in [9.17, 15) is 18.0 Å². The predicted octanol–water partition coefficient (Wildman–Crippen LogP) is 3.92. The van der Waals surface area contributed by atoms with Crippen LogP contribution in [0.15, 0.2) is 24.3 Å². The van der Waals surface area contributed by atoms with Crippen molar-refractivity contribution in [2.45, 2.75) is 44.6 Å². The molecule has 0 radical (unpaired) electrons. The van der Waals surface area contributed by atoms with Crippen LogP contribution in [0.1, 0.15) is 38.2 Å². The van der Waals surface area contributed by atoms with Gasteiger partial charge in [-0.2, -0.15) is 0 Å². The minimum Gasteiger partial charge on any atom is -0.454 e. The van der Waals surface area contributed by atoms with Crippen molar-refractivity contribution in [2.24, 2.45) is 0 Å². The van der Waals surface area contributed by atoms with E-state index in [0.29, 0.717) is 18.4 Å². The fourth-order valence-electron chi connectivity index (χ4n) is 2.63. The van der Waals surface area contributed by atoms with Gasteiger partial charge in [0.2, 0.25) is 0 Å². The molecular weight excluding hydrogens is 273 g/mol. The molecule has 1 saturated carbocycles. The fraction of sp³-hybridized carbons (Fsp3) is 0.500. The van der Waals surface area contributed by atoms with Crippen molar-refractivity contribution in [3.05, 3.63) is 29.8 Å². The summed E-state index contributed by atoms with van der Waals surface area (Å²) < 4.78 is 45.5. The third-order valence-corrected chi connectivity index (χ3v) is 3.36. The lowest BCUT2D eigenvalue weighted by atomic mass is 9.92. The Morgan fingerprint density at radius 1 is 1.15 bits per heavy atom. The maximum absolute atomic E-state index is 12.1. The average molecular weight is 288 g/mol. The molecule has 0 amide bonds. The van der Waals surface area contributed by atoms with E-state index >= 15 is 0 Å². The van der Waals surface area contributed by atoms with E-state index in [1.54, 1.807) is 0 Å². The Balaban J connectivity index is 2.20. The van der Waals surface area contributed by atoms with Crippen molar-refractivity contribution in [2.75, 3.05) is 0 Å². The van der Waals surface area contributed by atoms with Gasteiger partial charge in [-0.25, -0.2) is 0 Å². The number of carbonyl (C=O) groups excluding carboxylic acids is 1. The SMILES string of the molecule is CC(=O)OC1(c2ccc(OC(F)(F)F)cc2)CCCC1. The topological polar surface area (TPSA) is 35.5 Å². The highest BCUT2D eigenvalue weighted by molar-refractivity contribution is 5.67. The molecule has 1 aliphatic rings. The zero-order valence-electron chi connectivity index (χ0n) is 11.0. The summed E-state index contributed by atoms with van der Waals surface area (Å²) in [6.07, 6.45) is -1.48. The summed E-state index contributed by atoms with van der Waals surface area (Å²) in [5, 5.41) is 0. The van der Waals surface area contributed by atoms with Crippen LogP contribution in [0.3, 0.4) is 0 Å². The molecular formula is C14H15F3O3. The standard InChI is InChI=1S/C14H15F3O3/c1-10(18)19-13(8-2-3-9-13)11-4-6-12(7-5-11)20-14(15,16)17/h4-7H,2-3,8-9H2,1H3. The van der Waals surface area contributed by atoms with Crippen LogP contribution in [0.4, 0.5) is 13.2 Å². The molecule has 2 rings (SSSR count). The Labute approximate surface area is 114 Å². The Morgan fingerprint density at radius 3 is 2.15 bits per heavy atom. The second-order valence-corrected chi connectivity index (χ2v) is 4.87. The van der Waals surface area contributed by atoms with E-state index in [4.69, 9.17) is 4.74 Å². The number of rotatable bonds is 3. The van der Waals surface area contributed by atoms with Crippen LogP contribution >= 0.6 is 0 Å². The maximum atomic E-state index is 12.1. The summed E-state index contributed by atoms with van der Waals surface area (Å²) in [7, 11) is 0. The predicted molar refractivity (Wildman–Crippen MR) is 65.0 cm³/mol. The number of ether oxygens (including phenoxy) is 2. The summed E-state index contributed by atoms with van der Waals surface area (Å²) in [4.78, 5) is 11.2. The Kier molecular flexibility index (Phi) is 3.92. The molecule has 0 N–H and O–H groups in total. The first-order valence-corrected chi connectivity index (χ1v) is 6.37. The molecule has 1 aromatic carbocycles. The molecule has 0 heterocycles. The molecule has 1 aliphatic carbocycles. The summed E-state index contributed by atoms with van der Waals surface area (Å²) >= 11 is 0. The first-order chi connectivity index (χ1) is 9.31. The number of carbonyl (C=O) groups is 1. The second-order valence-electron chi connectivity index (χ2n) is 4.87. The number of alkyl halides is 3. The number of esters is 1. The van der Waals surface area contributed by atoms with Crippen molar-refractivity contribution < 1.29 is 27.4 Å². The molecule has 110 valence electrons. The van der Waals surface area contributed by atoms with Gasteiger partial charge in [0.15, 0.2) is 0 Å². The first-order valence-electron chi connectivity index (χ1n) is 6.37. The Hall–Kier alpha value is -1.72. The maximum Gasteiger partial charge on any atom is 0.573 e. The van der Waals surface area contributed by atoms with Gasteiger partial charge in [0.1, 0.15) is 11.4 Å². The van der Waals surface area contributed by atoms with Gasteiger partial charge in [0.05, 0.1) is 0 Å². The Morgan fingerprint density at radius 2 is 1.70 bits per heavy atom. The highest BCUT2D eigenvalue weighted by Crippen LogP contribution is 2.42. The molecule has 0 bridgehead atoms. The summed E-state index contributed by atoms with van der Waals surface area (Å²) in [6, 6.07) is 5.53. The smallest absolute Gasteiger partial charge is 0.454 e. The molecule has 0 spiro atoms. The lowest BCUT2D eigenvalue weighted by Gasteiger charge is -2.29. The number of benzene rings is 1. The van der Waals surface area contributed by atoms with Gasteiger partial charge in [0, 0.05) is 6.92 Å². The van der Waals surface area contributed by atoms with Crippen molar-refractivity contribution >= 4 is 5.97 Å². The average Bonchev–Trinajstić information content (AvgIpc) is 2.76. The molecule has 0 aromatic heterocycles. The molecule has 6 heteroatoms. The van der Waals surface area contributed by atoms with E-state index in [-0.39, 0.29) is 11.7 Å². The molecule has 1 fully saturated rings. The van der Waals surface area contributed by atoms with Gasteiger partial charge in [-0.15, -0.1) is 13.2 Å². The van der Waals surface area contributed by atoms with Crippen molar-refractivity contribution in [3.63, 3.8) is 0 Å². The minimum absolute atomic E-state index is 0.280. The lowest BCUT2D eigenvalue weighted by molar-refractivity contribution is -0.274. The Bertz CT molecular complexity index is 473. The molecule has 0 aliphatic heterocycles. The van der Waals surface area contributed by atoms with E-state index in [1.165, 1.54) is 31.2 Å². The van der Waals surface area contributed by atoms with E-state index in [0.717, 1.165) is 12.8 Å². The highest BCUT2D eigenvalue weighted by Gasteiger charge is 2.39. The van der Waals surface area contributed by atoms with Crippen LogP contribution in [0.25, 0.3) is 0 Å². The zero-order valence-corrected chi connectivity index (χ0v) is 11.0. The van der Waals surface area contributed by atoms with Crippen LogP contribution < -0.4 is 4.74 Å². The van der Waals surface area contributed by atoms with Crippen molar-refractivity contribution in [3.8, 4) is 5.75 Å². The van der Waals surface area contributed by atoms with Crippen molar-refractivity contribution in [1.82, 2.24) is 0 Å². The summed E-state index contributed by atoms with van der Waals surface area (Å²) in [5.74, 6) is -0.667. The van der Waals surface area contributed by atoms with Crippen LogP contribution in [-0.2, 0) is 15.1 Å². The second kappa shape index (κ2) is 5.34. The third-order valence-electron chi connectivity index (χ3n) is 3.36. The fourth-order valence-corrected chi connectivity index (χ4v) is 2.63. The van der Waals surface area contributed by atoms with Crippen molar-refractivity contribution in [1.29, 1.82) is 0 Å². The van der Waals surface area contributed by atoms with Gasteiger partial charge in [-0.1, -0.05) is 12.1 Å². The van der Waals surface area contributed by atoms with Crippen LogP contribution in [0.2, 0.25) is 0 Å². The normalized spacial score (nSPS) is 17.8. The first kappa shape index (κ1) is 14.7. The van der Waals surface area contributed by atoms with Gasteiger partial charge in [-0.05, 0) is 43.4 Å². The van der Waals surface area contributed by atoms with Gasteiger partial charge in [0.25, 0.3) is 0 Å². The molecule has 1 aromatic rings. The molecule has 0 unspecified atom stereocenters.